The van der Waals surface area contributed by atoms with Crippen LogP contribution in [0.25, 0.3) is 0 Å². The van der Waals surface area contributed by atoms with Crippen LogP contribution < -0.4 is 0 Å². The lowest BCUT2D eigenvalue weighted by molar-refractivity contribution is -0.314. The Morgan fingerprint density at radius 2 is 1.25 bits per heavy atom. The van der Waals surface area contributed by atoms with Crippen molar-refractivity contribution < 1.29 is 43.5 Å². The molecule has 0 aromatic rings. The molecule has 0 spiro atoms. The molecule has 0 saturated heterocycles. The van der Waals surface area contributed by atoms with Crippen molar-refractivity contribution in [3.63, 3.8) is 0 Å². The summed E-state index contributed by atoms with van der Waals surface area (Å²) >= 11 is 0. The Morgan fingerprint density at radius 3 is 1.44 bits per heavy atom. The monoisotopic (exact) mass is 300 g/mol. The van der Waals surface area contributed by atoms with Crippen LogP contribution in [0, 0.1) is 0 Å². The zero-order chi connectivity index (χ0) is 13.6. The van der Waals surface area contributed by atoms with Gasteiger partial charge in [-0.15, -0.1) is 0 Å². The third kappa shape index (κ3) is 2.06. The van der Waals surface area contributed by atoms with Crippen LogP contribution >= 0.6 is 10.7 Å². The maximum absolute atomic E-state index is 12.3. The molecule has 0 bridgehead atoms. The van der Waals surface area contributed by atoms with Gasteiger partial charge >= 0.3 is 32.6 Å². The first kappa shape index (κ1) is 15.7. The molecule has 0 aromatic heterocycles. The third-order valence-corrected chi connectivity index (χ3v) is 2.81. The Morgan fingerprint density at radius 1 is 0.938 bits per heavy atom. The van der Waals surface area contributed by atoms with Crippen molar-refractivity contribution in [2.45, 2.75) is 23.5 Å². The SMILES string of the molecule is O=S(=O)(Cl)C(F)(F)C(F)(F)C(F)(F)C(F)F. The Labute approximate surface area is 87.6 Å². The maximum atomic E-state index is 12.3. The average molecular weight is 301 g/mol. The predicted molar refractivity (Wildman–Crippen MR) is 35.6 cm³/mol. The van der Waals surface area contributed by atoms with E-state index in [9.17, 15) is 43.5 Å². The molecule has 2 nitrogen and oxygen atoms in total. The highest BCUT2D eigenvalue weighted by Gasteiger charge is 2.80. The molecule has 0 aliphatic rings. The van der Waals surface area contributed by atoms with Crippen molar-refractivity contribution in [2.24, 2.45) is 0 Å². The van der Waals surface area contributed by atoms with E-state index in [2.05, 4.69) is 10.7 Å². The Balaban J connectivity index is 5.72. The van der Waals surface area contributed by atoms with Gasteiger partial charge in [0.25, 0.3) is 0 Å². The highest BCUT2D eigenvalue weighted by Crippen LogP contribution is 2.51. The fourth-order valence-electron chi connectivity index (χ4n) is 0.484. The lowest BCUT2D eigenvalue weighted by atomic mass is 10.2. The van der Waals surface area contributed by atoms with Crippen LogP contribution in [0.15, 0.2) is 0 Å². The molecule has 0 rings (SSSR count). The molecule has 0 saturated carbocycles. The molecular weight excluding hydrogens is 300 g/mol. The van der Waals surface area contributed by atoms with Crippen LogP contribution in [0.1, 0.15) is 0 Å². The van der Waals surface area contributed by atoms with E-state index in [0.717, 1.165) is 0 Å². The Kier molecular flexibility index (Phi) is 3.78. The van der Waals surface area contributed by atoms with E-state index in [4.69, 9.17) is 0 Å². The van der Waals surface area contributed by atoms with Gasteiger partial charge in [0, 0.05) is 10.7 Å². The van der Waals surface area contributed by atoms with E-state index in [-0.39, 0.29) is 0 Å². The average Bonchev–Trinajstić information content (AvgIpc) is 2.00. The summed E-state index contributed by atoms with van der Waals surface area (Å²) in [7, 11) is -2.72. The van der Waals surface area contributed by atoms with Gasteiger partial charge in [0.1, 0.15) is 0 Å². The standard InChI is InChI=1S/C4HClF8O2S/c5-16(14,15)4(12,13)3(10,11)2(8,9)1(6)7/h1H. The minimum absolute atomic E-state index is 3.78. The van der Waals surface area contributed by atoms with E-state index < -0.39 is 32.6 Å². The van der Waals surface area contributed by atoms with Gasteiger partial charge in [0.2, 0.25) is 0 Å². The maximum Gasteiger partial charge on any atom is 0.427 e. The van der Waals surface area contributed by atoms with Crippen molar-refractivity contribution >= 4 is 19.7 Å². The zero-order valence-electron chi connectivity index (χ0n) is 6.70. The van der Waals surface area contributed by atoms with Crippen molar-refractivity contribution in [1.82, 2.24) is 0 Å². The lowest BCUT2D eigenvalue weighted by Crippen LogP contribution is -2.59. The number of rotatable bonds is 4. The fraction of sp³-hybridized carbons (Fsp3) is 1.00. The third-order valence-electron chi connectivity index (χ3n) is 1.36. The quantitative estimate of drug-likeness (QED) is 0.591. The minimum atomic E-state index is -6.84. The van der Waals surface area contributed by atoms with Crippen molar-refractivity contribution in [3.05, 3.63) is 0 Å². The normalized spacial score (nSPS) is 15.6. The molecule has 0 amide bonds. The predicted octanol–water partition coefficient (Wildman–Crippen LogP) is 2.68. The molecule has 0 aliphatic carbocycles. The molecule has 0 heterocycles. The zero-order valence-corrected chi connectivity index (χ0v) is 8.28. The van der Waals surface area contributed by atoms with E-state index in [0.29, 0.717) is 0 Å². The summed E-state index contributed by atoms with van der Waals surface area (Å²) in [5, 5.41) is -6.53. The van der Waals surface area contributed by atoms with E-state index in [1.54, 1.807) is 0 Å². The number of hydrogen-bond acceptors (Lipinski definition) is 2. The summed E-state index contributed by atoms with van der Waals surface area (Å²) in [6.07, 6.45) is -5.19. The van der Waals surface area contributed by atoms with Crippen molar-refractivity contribution in [2.75, 3.05) is 0 Å². The molecule has 98 valence electrons. The molecule has 0 aromatic carbocycles. The van der Waals surface area contributed by atoms with E-state index >= 15 is 0 Å². The molecular formula is C4HClF8O2S. The minimum Gasteiger partial charge on any atom is -0.206 e. The van der Waals surface area contributed by atoms with Gasteiger partial charge in [0.15, 0.2) is 0 Å². The van der Waals surface area contributed by atoms with Gasteiger partial charge < -0.3 is 0 Å². The first-order valence-corrected chi connectivity index (χ1v) is 5.36. The van der Waals surface area contributed by atoms with Crippen molar-refractivity contribution in [3.8, 4) is 0 Å². The summed E-state index contributed by atoms with van der Waals surface area (Å²) in [4.78, 5) is 0. The molecule has 12 heteroatoms. The molecule has 0 fully saturated rings. The topological polar surface area (TPSA) is 34.1 Å². The van der Waals surface area contributed by atoms with Crippen LogP contribution in [0.3, 0.4) is 0 Å². The van der Waals surface area contributed by atoms with Gasteiger partial charge in [-0.1, -0.05) is 0 Å². The van der Waals surface area contributed by atoms with Crippen LogP contribution in [0.5, 0.6) is 0 Å². The van der Waals surface area contributed by atoms with Gasteiger partial charge in [-0.25, -0.2) is 17.2 Å². The molecule has 0 atom stereocenters. The molecule has 0 aliphatic heterocycles. The van der Waals surface area contributed by atoms with E-state index in [1.807, 2.05) is 0 Å². The number of alkyl halides is 8. The summed E-state index contributed by atoms with van der Waals surface area (Å²) in [6, 6.07) is 0. The Hall–Kier alpha value is -0.320. The summed E-state index contributed by atoms with van der Waals surface area (Å²) in [5.74, 6) is -13.4. The highest BCUT2D eigenvalue weighted by atomic mass is 35.7. The molecule has 0 radical (unpaired) electrons. The first-order chi connectivity index (χ1) is 6.69. The Bertz CT molecular complexity index is 362. The summed E-state index contributed by atoms with van der Waals surface area (Å²) in [5.41, 5.74) is 0. The van der Waals surface area contributed by atoms with Gasteiger partial charge in [-0.05, 0) is 0 Å². The van der Waals surface area contributed by atoms with Crippen LogP contribution in [0.2, 0.25) is 0 Å². The smallest absolute Gasteiger partial charge is 0.206 e. The molecule has 0 unspecified atom stereocenters. The van der Waals surface area contributed by atoms with Gasteiger partial charge in [-0.3, -0.25) is 0 Å². The fourth-order valence-corrected chi connectivity index (χ4v) is 1.22. The first-order valence-electron chi connectivity index (χ1n) is 3.05. The summed E-state index contributed by atoms with van der Waals surface area (Å²) in [6.45, 7) is 0. The second-order valence-electron chi connectivity index (χ2n) is 2.45. The number of hydrogen-bond donors (Lipinski definition) is 0. The molecule has 16 heavy (non-hydrogen) atoms. The van der Waals surface area contributed by atoms with Gasteiger partial charge in [-0.2, -0.15) is 26.3 Å². The second-order valence-corrected chi connectivity index (χ2v) is 5.06. The van der Waals surface area contributed by atoms with E-state index in [1.165, 1.54) is 0 Å². The molecule has 0 N–H and O–H groups in total. The number of halogens is 9. The van der Waals surface area contributed by atoms with Crippen LogP contribution in [-0.2, 0) is 9.05 Å². The largest absolute Gasteiger partial charge is 0.427 e. The van der Waals surface area contributed by atoms with Crippen molar-refractivity contribution in [1.29, 1.82) is 0 Å². The van der Waals surface area contributed by atoms with Crippen LogP contribution in [-0.4, -0.2) is 31.9 Å². The lowest BCUT2D eigenvalue weighted by Gasteiger charge is -2.29. The highest BCUT2D eigenvalue weighted by molar-refractivity contribution is 8.14. The van der Waals surface area contributed by atoms with Crippen LogP contribution in [0.4, 0.5) is 35.1 Å². The van der Waals surface area contributed by atoms with Gasteiger partial charge in [0.05, 0.1) is 0 Å². The second kappa shape index (κ2) is 3.86. The summed E-state index contributed by atoms with van der Waals surface area (Å²) < 4.78 is 116.